The molecule has 3 aliphatic heterocycles. The summed E-state index contributed by atoms with van der Waals surface area (Å²) in [5.41, 5.74) is -0.742. The molecule has 3 heterocycles. The third-order valence-electron chi connectivity index (χ3n) is 9.64. The zero-order valence-corrected chi connectivity index (χ0v) is 25.2. The fourth-order valence-corrected chi connectivity index (χ4v) is 7.72. The molecule has 1 spiro atoms. The van der Waals surface area contributed by atoms with Crippen molar-refractivity contribution in [2.45, 2.75) is 70.7 Å². The Hall–Kier alpha value is -2.13. The van der Waals surface area contributed by atoms with E-state index in [4.69, 9.17) is 27.9 Å². The molecule has 8 nitrogen and oxygen atoms in total. The van der Waals surface area contributed by atoms with Crippen molar-refractivity contribution in [1.82, 2.24) is 15.1 Å². The van der Waals surface area contributed by atoms with Crippen molar-refractivity contribution in [1.29, 1.82) is 0 Å². The van der Waals surface area contributed by atoms with Crippen molar-refractivity contribution < 1.29 is 19.1 Å². The van der Waals surface area contributed by atoms with Crippen LogP contribution in [-0.4, -0.2) is 77.5 Å². The Morgan fingerprint density at radius 2 is 1.80 bits per heavy atom. The Labute approximate surface area is 246 Å². The van der Waals surface area contributed by atoms with Crippen LogP contribution in [0.25, 0.3) is 0 Å². The third-order valence-corrected chi connectivity index (χ3v) is 10.1. The molecule has 3 fully saturated rings. The zero-order valence-electron chi connectivity index (χ0n) is 23.7. The molecule has 0 aromatic heterocycles. The van der Waals surface area contributed by atoms with Crippen LogP contribution in [0.1, 0.15) is 47.0 Å². The number of hydrogen-bond donors (Lipinski definition) is 2. The summed E-state index contributed by atoms with van der Waals surface area (Å²) in [5, 5.41) is 6.97. The quantitative estimate of drug-likeness (QED) is 0.417. The van der Waals surface area contributed by atoms with Gasteiger partial charge in [0.1, 0.15) is 11.6 Å². The number of nitrogens with zero attached hydrogens (tertiary/aromatic N) is 2. The van der Waals surface area contributed by atoms with E-state index >= 15 is 0 Å². The van der Waals surface area contributed by atoms with Gasteiger partial charge in [0.15, 0.2) is 0 Å². The number of hydrogen-bond acceptors (Lipinski definition) is 5. The molecule has 5 rings (SSSR count). The number of carbonyl (C=O) groups is 3. The molecule has 218 valence electrons. The highest BCUT2D eigenvalue weighted by atomic mass is 35.5. The molecule has 0 unspecified atom stereocenters. The predicted octanol–water partition coefficient (Wildman–Crippen LogP) is 4.37. The van der Waals surface area contributed by atoms with E-state index < -0.39 is 29.6 Å². The number of nitrogens with one attached hydrogen (secondary N) is 2. The summed E-state index contributed by atoms with van der Waals surface area (Å²) in [6.07, 6.45) is 6.22. The van der Waals surface area contributed by atoms with Gasteiger partial charge in [-0.25, -0.2) is 0 Å². The van der Waals surface area contributed by atoms with E-state index in [1.807, 2.05) is 12.2 Å². The maximum atomic E-state index is 14.2. The number of likely N-dealkylation sites (N-methyl/N-ethyl adjacent to an activating group) is 1. The summed E-state index contributed by atoms with van der Waals surface area (Å²) in [5.74, 6) is -1.49. The van der Waals surface area contributed by atoms with Crippen LogP contribution >= 0.6 is 23.2 Å². The lowest BCUT2D eigenvalue weighted by atomic mass is 9.73. The van der Waals surface area contributed by atoms with Gasteiger partial charge in [0.2, 0.25) is 17.7 Å². The average molecular weight is 592 g/mol. The summed E-state index contributed by atoms with van der Waals surface area (Å²) in [7, 11) is 0. The minimum atomic E-state index is -1.19. The van der Waals surface area contributed by atoms with Crippen LogP contribution in [-0.2, 0) is 19.1 Å². The van der Waals surface area contributed by atoms with Crippen LogP contribution in [0.3, 0.4) is 0 Å². The first-order chi connectivity index (χ1) is 19.1. The first-order valence-corrected chi connectivity index (χ1v) is 15.3. The van der Waals surface area contributed by atoms with Crippen LogP contribution in [0.4, 0.5) is 5.69 Å². The van der Waals surface area contributed by atoms with E-state index in [9.17, 15) is 14.4 Å². The summed E-state index contributed by atoms with van der Waals surface area (Å²) in [4.78, 5) is 45.8. The molecule has 3 amide bonds. The molecule has 8 atom stereocenters. The van der Waals surface area contributed by atoms with Crippen LogP contribution in [0.15, 0.2) is 30.4 Å². The van der Waals surface area contributed by atoms with E-state index in [-0.39, 0.29) is 23.8 Å². The topological polar surface area (TPSA) is 91.0 Å². The van der Waals surface area contributed by atoms with Crippen molar-refractivity contribution in [3.05, 3.63) is 40.4 Å². The van der Waals surface area contributed by atoms with E-state index in [2.05, 4.69) is 43.2 Å². The monoisotopic (exact) mass is 590 g/mol. The van der Waals surface area contributed by atoms with Crippen molar-refractivity contribution in [2.24, 2.45) is 23.7 Å². The average Bonchev–Trinajstić information content (AvgIpc) is 3.54. The molecule has 1 aromatic carbocycles. The first-order valence-electron chi connectivity index (χ1n) is 14.6. The number of carbonyl (C=O) groups excluding carboxylic acids is 3. The molecular formula is C30H40Cl2N4O4. The minimum absolute atomic E-state index is 0.0423. The highest BCUT2D eigenvalue weighted by molar-refractivity contribution is 6.35. The van der Waals surface area contributed by atoms with Gasteiger partial charge in [0.25, 0.3) is 0 Å². The van der Waals surface area contributed by atoms with Crippen LogP contribution < -0.4 is 10.6 Å². The smallest absolute Gasteiger partial charge is 0.246 e. The fourth-order valence-electron chi connectivity index (χ4n) is 7.20. The van der Waals surface area contributed by atoms with Gasteiger partial charge in [0, 0.05) is 34.9 Å². The molecule has 2 bridgehead atoms. The van der Waals surface area contributed by atoms with Gasteiger partial charge in [-0.3, -0.25) is 14.4 Å². The molecule has 40 heavy (non-hydrogen) atoms. The van der Waals surface area contributed by atoms with Gasteiger partial charge in [-0.2, -0.15) is 0 Å². The van der Waals surface area contributed by atoms with Gasteiger partial charge in [0.05, 0.1) is 17.9 Å². The number of amides is 3. The molecule has 10 heteroatoms. The van der Waals surface area contributed by atoms with Crippen molar-refractivity contribution in [3.63, 3.8) is 0 Å². The molecular weight excluding hydrogens is 551 g/mol. The lowest BCUT2D eigenvalue weighted by Crippen LogP contribution is -2.58. The molecule has 1 saturated carbocycles. The van der Waals surface area contributed by atoms with Crippen molar-refractivity contribution in [3.8, 4) is 0 Å². The highest BCUT2D eigenvalue weighted by Crippen LogP contribution is 2.55. The largest absolute Gasteiger partial charge is 0.359 e. The second-order valence-electron chi connectivity index (χ2n) is 11.8. The van der Waals surface area contributed by atoms with E-state index in [0.29, 0.717) is 40.7 Å². The number of rotatable bonds is 9. The Bertz CT molecular complexity index is 1170. The van der Waals surface area contributed by atoms with Crippen LogP contribution in [0.2, 0.25) is 10.0 Å². The Balaban J connectivity index is 1.44. The lowest BCUT2D eigenvalue weighted by molar-refractivity contribution is -0.141. The number of anilines is 1. The predicted molar refractivity (Wildman–Crippen MR) is 156 cm³/mol. The summed E-state index contributed by atoms with van der Waals surface area (Å²) >= 11 is 12.3. The second kappa shape index (κ2) is 11.6. The SMILES string of the molecule is CCN(CC)CCN1C(=O)[C@@H]2[C@H](C(=O)Nc3cc(Cl)cc(Cl)c3)[C@@H]3C=C[C@@]2(O3)[C@@H]1C(=O)N[C@@H]1CCC[C@@H](C)[C@@H]1C. The maximum Gasteiger partial charge on any atom is 0.246 e. The number of benzene rings is 1. The normalized spacial score (nSPS) is 34.4. The summed E-state index contributed by atoms with van der Waals surface area (Å²) in [6.45, 7) is 11.3. The Morgan fingerprint density at radius 3 is 2.48 bits per heavy atom. The van der Waals surface area contributed by atoms with E-state index in [1.165, 1.54) is 0 Å². The van der Waals surface area contributed by atoms with Gasteiger partial charge in [-0.05, 0) is 49.5 Å². The van der Waals surface area contributed by atoms with Crippen LogP contribution in [0, 0.1) is 23.7 Å². The van der Waals surface area contributed by atoms with E-state index in [0.717, 1.165) is 32.4 Å². The molecule has 0 radical (unpaired) electrons. The van der Waals surface area contributed by atoms with Crippen molar-refractivity contribution in [2.75, 3.05) is 31.5 Å². The second-order valence-corrected chi connectivity index (χ2v) is 12.7. The maximum absolute atomic E-state index is 14.2. The van der Waals surface area contributed by atoms with E-state index in [1.54, 1.807) is 23.1 Å². The summed E-state index contributed by atoms with van der Waals surface area (Å²) in [6, 6.07) is 4.01. The molecule has 2 saturated heterocycles. The molecule has 1 aliphatic carbocycles. The third kappa shape index (κ3) is 5.17. The molecule has 2 N–H and O–H groups in total. The number of halogens is 2. The minimum Gasteiger partial charge on any atom is -0.359 e. The fraction of sp³-hybridized carbons (Fsp3) is 0.633. The van der Waals surface area contributed by atoms with Crippen molar-refractivity contribution >= 4 is 46.6 Å². The Kier molecular flexibility index (Phi) is 8.54. The molecule has 4 aliphatic rings. The van der Waals surface area contributed by atoms with Gasteiger partial charge < -0.3 is 25.2 Å². The molecule has 1 aromatic rings. The zero-order chi connectivity index (χ0) is 28.8. The van der Waals surface area contributed by atoms with Gasteiger partial charge >= 0.3 is 0 Å². The number of ether oxygens (including phenoxy) is 1. The Morgan fingerprint density at radius 1 is 1.10 bits per heavy atom. The number of fused-ring (bicyclic) bond motifs is 1. The summed E-state index contributed by atoms with van der Waals surface area (Å²) < 4.78 is 6.47. The first kappa shape index (κ1) is 29.4. The van der Waals surface area contributed by atoms with Gasteiger partial charge in [-0.1, -0.05) is 75.9 Å². The standard InChI is InChI=1S/C30H40Cl2N4O4/c1-5-35(6-2)12-13-36-26(28(38)34-22-9-7-8-17(3)18(22)4)30-11-10-23(40-30)24(25(30)29(36)39)27(37)33-21-15-19(31)14-20(32)16-21/h10-11,14-18,22-26H,5-9,12-13H2,1-4H3,(H,33,37)(H,34,38)/t17-,18+,22-,23+,24-,25+,26+,30+/m1/s1. The lowest BCUT2D eigenvalue weighted by Gasteiger charge is -2.38. The number of likely N-dealkylation sites (tertiary alicyclic amines) is 1. The highest BCUT2D eigenvalue weighted by Gasteiger charge is 2.72. The van der Waals surface area contributed by atoms with Gasteiger partial charge in [-0.15, -0.1) is 0 Å². The van der Waals surface area contributed by atoms with Crippen LogP contribution in [0.5, 0.6) is 0 Å².